The topological polar surface area (TPSA) is 62.5 Å². The van der Waals surface area contributed by atoms with Gasteiger partial charge in [0.25, 0.3) is 0 Å². The van der Waals surface area contributed by atoms with Gasteiger partial charge in [0, 0.05) is 30.5 Å². The molecule has 94 valence electrons. The van der Waals surface area contributed by atoms with Crippen LogP contribution < -0.4 is 5.32 Å². The molecule has 1 aliphatic rings. The van der Waals surface area contributed by atoms with E-state index in [4.69, 9.17) is 9.52 Å². The number of carboxylic acids is 1. The Morgan fingerprint density at radius 1 is 1.71 bits per heavy atom. The van der Waals surface area contributed by atoms with Crippen molar-refractivity contribution in [1.29, 1.82) is 0 Å². The summed E-state index contributed by atoms with van der Waals surface area (Å²) in [5, 5.41) is 12.1. The number of hydrogen-bond acceptors (Lipinski definition) is 3. The summed E-state index contributed by atoms with van der Waals surface area (Å²) in [6.45, 7) is 2.04. The van der Waals surface area contributed by atoms with Crippen LogP contribution >= 0.6 is 0 Å². The van der Waals surface area contributed by atoms with Gasteiger partial charge in [0.05, 0.1) is 6.26 Å². The average molecular weight is 237 g/mol. The maximum Gasteiger partial charge on any atom is 0.303 e. The number of rotatable bonds is 5. The second-order valence-electron chi connectivity index (χ2n) is 4.74. The molecule has 0 bridgehead atoms. The molecule has 2 N–H and O–H groups in total. The number of aliphatic carboxylic acids is 1. The molecule has 2 unspecified atom stereocenters. The SMILES string of the molecule is CC(CCC(=O)O)NC1CCCc2occc21. The normalized spacial score (nSPS) is 20.9. The first-order valence-electron chi connectivity index (χ1n) is 6.21. The van der Waals surface area contributed by atoms with Crippen LogP contribution in [0.5, 0.6) is 0 Å². The molecule has 1 heterocycles. The third kappa shape index (κ3) is 3.09. The highest BCUT2D eigenvalue weighted by molar-refractivity contribution is 5.66. The van der Waals surface area contributed by atoms with Gasteiger partial charge in [-0.3, -0.25) is 4.79 Å². The summed E-state index contributed by atoms with van der Waals surface area (Å²) in [4.78, 5) is 10.5. The summed E-state index contributed by atoms with van der Waals surface area (Å²) in [7, 11) is 0. The molecule has 4 heteroatoms. The van der Waals surface area contributed by atoms with Gasteiger partial charge in [-0.25, -0.2) is 0 Å². The van der Waals surface area contributed by atoms with Gasteiger partial charge in [0.1, 0.15) is 5.76 Å². The standard InChI is InChI=1S/C13H19NO3/c1-9(5-6-13(15)16)14-11-3-2-4-12-10(11)7-8-17-12/h7-9,11,14H,2-6H2,1H3,(H,15,16). The van der Waals surface area contributed by atoms with Crippen LogP contribution in [0.1, 0.15) is 50.0 Å². The fraction of sp³-hybridized carbons (Fsp3) is 0.615. The fourth-order valence-electron chi connectivity index (χ4n) is 2.43. The Bertz CT molecular complexity index is 386. The molecule has 0 fully saturated rings. The molecule has 0 aliphatic heterocycles. The van der Waals surface area contributed by atoms with E-state index < -0.39 is 5.97 Å². The fourth-order valence-corrected chi connectivity index (χ4v) is 2.43. The van der Waals surface area contributed by atoms with Gasteiger partial charge in [-0.2, -0.15) is 0 Å². The minimum atomic E-state index is -0.730. The van der Waals surface area contributed by atoms with Crippen LogP contribution in [0.3, 0.4) is 0 Å². The quantitative estimate of drug-likeness (QED) is 0.826. The van der Waals surface area contributed by atoms with Crippen molar-refractivity contribution in [3.8, 4) is 0 Å². The Hall–Kier alpha value is -1.29. The van der Waals surface area contributed by atoms with E-state index >= 15 is 0 Å². The molecule has 0 saturated heterocycles. The van der Waals surface area contributed by atoms with Gasteiger partial charge in [-0.05, 0) is 32.3 Å². The first kappa shape index (κ1) is 12.2. The van der Waals surface area contributed by atoms with Crippen LogP contribution in [0.2, 0.25) is 0 Å². The third-order valence-electron chi connectivity index (χ3n) is 3.33. The molecule has 0 amide bonds. The Morgan fingerprint density at radius 2 is 2.53 bits per heavy atom. The molecule has 17 heavy (non-hydrogen) atoms. The zero-order chi connectivity index (χ0) is 12.3. The Balaban J connectivity index is 1.90. The van der Waals surface area contributed by atoms with Gasteiger partial charge in [-0.15, -0.1) is 0 Å². The van der Waals surface area contributed by atoms with Crippen molar-refractivity contribution in [3.63, 3.8) is 0 Å². The smallest absolute Gasteiger partial charge is 0.303 e. The zero-order valence-electron chi connectivity index (χ0n) is 10.1. The Kier molecular flexibility index (Phi) is 3.84. The number of fused-ring (bicyclic) bond motifs is 1. The molecular formula is C13H19NO3. The third-order valence-corrected chi connectivity index (χ3v) is 3.33. The molecule has 0 spiro atoms. The molecule has 0 saturated carbocycles. The van der Waals surface area contributed by atoms with Crippen LogP contribution in [0.15, 0.2) is 16.7 Å². The molecule has 1 aromatic rings. The minimum absolute atomic E-state index is 0.219. The summed E-state index contributed by atoms with van der Waals surface area (Å²) < 4.78 is 5.43. The lowest BCUT2D eigenvalue weighted by molar-refractivity contribution is -0.137. The van der Waals surface area contributed by atoms with E-state index in [-0.39, 0.29) is 12.5 Å². The Labute approximate surface area is 101 Å². The number of furan rings is 1. The van der Waals surface area contributed by atoms with Crippen LogP contribution in [0.25, 0.3) is 0 Å². The molecule has 2 atom stereocenters. The van der Waals surface area contributed by atoms with Crippen LogP contribution in [0, 0.1) is 0 Å². The number of aryl methyl sites for hydroxylation is 1. The van der Waals surface area contributed by atoms with Gasteiger partial charge >= 0.3 is 5.97 Å². The van der Waals surface area contributed by atoms with Crippen LogP contribution in [-0.2, 0) is 11.2 Å². The van der Waals surface area contributed by atoms with E-state index in [2.05, 4.69) is 5.32 Å². The molecule has 0 radical (unpaired) electrons. The summed E-state index contributed by atoms with van der Waals surface area (Å²) in [6, 6.07) is 2.56. The van der Waals surface area contributed by atoms with Gasteiger partial charge in [0.2, 0.25) is 0 Å². The maximum absolute atomic E-state index is 10.5. The van der Waals surface area contributed by atoms with E-state index in [1.165, 1.54) is 5.56 Å². The number of nitrogens with one attached hydrogen (secondary N) is 1. The zero-order valence-corrected chi connectivity index (χ0v) is 10.1. The number of carboxylic acid groups (broad SMARTS) is 1. The maximum atomic E-state index is 10.5. The summed E-state index contributed by atoms with van der Waals surface area (Å²) in [5.74, 6) is 0.352. The average Bonchev–Trinajstić information content (AvgIpc) is 2.75. The summed E-state index contributed by atoms with van der Waals surface area (Å²) >= 11 is 0. The molecule has 2 rings (SSSR count). The predicted molar refractivity (Wildman–Crippen MR) is 63.9 cm³/mol. The van der Waals surface area contributed by atoms with E-state index in [1.807, 2.05) is 13.0 Å². The first-order valence-corrected chi connectivity index (χ1v) is 6.21. The lowest BCUT2D eigenvalue weighted by Gasteiger charge is -2.26. The first-order chi connectivity index (χ1) is 8.16. The molecule has 0 aromatic carbocycles. The highest BCUT2D eigenvalue weighted by Gasteiger charge is 2.23. The van der Waals surface area contributed by atoms with E-state index in [1.54, 1.807) is 6.26 Å². The summed E-state index contributed by atoms with van der Waals surface area (Å²) in [5.41, 5.74) is 1.25. The lowest BCUT2D eigenvalue weighted by atomic mass is 9.92. The second kappa shape index (κ2) is 5.36. The van der Waals surface area contributed by atoms with Gasteiger partial charge < -0.3 is 14.8 Å². The number of hydrogen-bond donors (Lipinski definition) is 2. The highest BCUT2D eigenvalue weighted by Crippen LogP contribution is 2.30. The molecule has 1 aliphatic carbocycles. The van der Waals surface area contributed by atoms with Crippen molar-refractivity contribution >= 4 is 5.97 Å². The van der Waals surface area contributed by atoms with E-state index in [9.17, 15) is 4.79 Å². The van der Waals surface area contributed by atoms with Crippen molar-refractivity contribution < 1.29 is 14.3 Å². The van der Waals surface area contributed by atoms with Gasteiger partial charge in [-0.1, -0.05) is 0 Å². The molecular weight excluding hydrogens is 218 g/mol. The highest BCUT2D eigenvalue weighted by atomic mass is 16.4. The van der Waals surface area contributed by atoms with Crippen LogP contribution in [0.4, 0.5) is 0 Å². The second-order valence-corrected chi connectivity index (χ2v) is 4.74. The Morgan fingerprint density at radius 3 is 3.29 bits per heavy atom. The van der Waals surface area contributed by atoms with Gasteiger partial charge in [0.15, 0.2) is 0 Å². The largest absolute Gasteiger partial charge is 0.481 e. The monoisotopic (exact) mass is 237 g/mol. The lowest BCUT2D eigenvalue weighted by Crippen LogP contribution is -2.32. The molecule has 1 aromatic heterocycles. The van der Waals surface area contributed by atoms with Crippen molar-refractivity contribution in [2.45, 2.75) is 51.1 Å². The van der Waals surface area contributed by atoms with Crippen molar-refractivity contribution in [2.24, 2.45) is 0 Å². The molecule has 4 nitrogen and oxygen atoms in total. The van der Waals surface area contributed by atoms with Crippen molar-refractivity contribution in [1.82, 2.24) is 5.32 Å². The van der Waals surface area contributed by atoms with E-state index in [0.717, 1.165) is 25.0 Å². The van der Waals surface area contributed by atoms with Crippen LogP contribution in [-0.4, -0.2) is 17.1 Å². The summed E-state index contributed by atoms with van der Waals surface area (Å²) in [6.07, 6.45) is 5.88. The predicted octanol–water partition coefficient (Wildman–Crippen LogP) is 2.50. The number of carbonyl (C=O) groups is 1. The minimum Gasteiger partial charge on any atom is -0.481 e. The van der Waals surface area contributed by atoms with Crippen molar-refractivity contribution in [2.75, 3.05) is 0 Å². The van der Waals surface area contributed by atoms with E-state index in [0.29, 0.717) is 12.5 Å². The van der Waals surface area contributed by atoms with Crippen molar-refractivity contribution in [3.05, 3.63) is 23.7 Å².